The van der Waals surface area contributed by atoms with E-state index in [1.54, 1.807) is 0 Å². The van der Waals surface area contributed by atoms with Crippen molar-refractivity contribution in [2.75, 3.05) is 0 Å². The highest BCUT2D eigenvalue weighted by molar-refractivity contribution is 5.71. The van der Waals surface area contributed by atoms with Gasteiger partial charge in [0, 0.05) is 0 Å². The van der Waals surface area contributed by atoms with Crippen LogP contribution in [0.5, 0.6) is 0 Å². The number of benzene rings is 2. The molecule has 17 heavy (non-hydrogen) atoms. The van der Waals surface area contributed by atoms with E-state index < -0.39 is 0 Å². The molecule has 0 N–H and O–H groups in total. The van der Waals surface area contributed by atoms with Crippen molar-refractivity contribution < 1.29 is 0 Å². The zero-order valence-corrected chi connectivity index (χ0v) is 10.7. The zero-order valence-electron chi connectivity index (χ0n) is 10.7. The molecule has 86 valence electrons. The van der Waals surface area contributed by atoms with E-state index >= 15 is 0 Å². The molecular formula is C17H18. The van der Waals surface area contributed by atoms with E-state index in [-0.39, 0.29) is 0 Å². The summed E-state index contributed by atoms with van der Waals surface area (Å²) in [5.41, 5.74) is 6.55. The molecule has 0 aromatic heterocycles. The summed E-state index contributed by atoms with van der Waals surface area (Å²) in [6, 6.07) is 15.0. The molecule has 0 radical (unpaired) electrons. The molecule has 0 unspecified atom stereocenters. The second-order valence-corrected chi connectivity index (χ2v) is 4.53. The quantitative estimate of drug-likeness (QED) is 0.641. The Balaban J connectivity index is 2.26. The molecular weight excluding hydrogens is 204 g/mol. The van der Waals surface area contributed by atoms with Crippen molar-refractivity contribution in [2.45, 2.75) is 20.8 Å². The van der Waals surface area contributed by atoms with Crippen LogP contribution in [0, 0.1) is 20.8 Å². The number of aryl methyl sites for hydroxylation is 3. The smallest absolute Gasteiger partial charge is 0.0227 e. The Morgan fingerprint density at radius 3 is 2.18 bits per heavy atom. The summed E-state index contributed by atoms with van der Waals surface area (Å²) in [4.78, 5) is 0. The van der Waals surface area contributed by atoms with Gasteiger partial charge in [-0.15, -0.1) is 0 Å². The Bertz CT molecular complexity index is 548. The minimum Gasteiger partial charge on any atom is -0.0620 e. The Morgan fingerprint density at radius 1 is 0.706 bits per heavy atom. The Morgan fingerprint density at radius 2 is 1.47 bits per heavy atom. The van der Waals surface area contributed by atoms with Crippen LogP contribution in [0.25, 0.3) is 12.2 Å². The molecule has 0 heterocycles. The molecule has 0 amide bonds. The highest BCUT2D eigenvalue weighted by atomic mass is 14.0. The van der Waals surface area contributed by atoms with Gasteiger partial charge < -0.3 is 0 Å². The normalized spacial score (nSPS) is 11.0. The predicted octanol–water partition coefficient (Wildman–Crippen LogP) is 4.78. The van der Waals surface area contributed by atoms with Crippen molar-refractivity contribution in [1.29, 1.82) is 0 Å². The van der Waals surface area contributed by atoms with E-state index in [2.05, 4.69) is 75.4 Å². The maximum absolute atomic E-state index is 2.23. The summed E-state index contributed by atoms with van der Waals surface area (Å²) in [7, 11) is 0. The molecule has 2 aromatic rings. The van der Waals surface area contributed by atoms with Crippen LogP contribution in [0.3, 0.4) is 0 Å². The third-order valence-corrected chi connectivity index (χ3v) is 3.17. The fourth-order valence-electron chi connectivity index (χ4n) is 1.83. The second-order valence-electron chi connectivity index (χ2n) is 4.53. The van der Waals surface area contributed by atoms with Gasteiger partial charge in [0.1, 0.15) is 0 Å². The van der Waals surface area contributed by atoms with E-state index in [0.29, 0.717) is 0 Å². The highest BCUT2D eigenvalue weighted by Crippen LogP contribution is 2.14. The van der Waals surface area contributed by atoms with Gasteiger partial charge >= 0.3 is 0 Å². The van der Waals surface area contributed by atoms with Gasteiger partial charge in [0.15, 0.2) is 0 Å². The average molecular weight is 222 g/mol. The SMILES string of the molecule is Cc1ccc(/C=C/c2ccccc2C)cc1C. The lowest BCUT2D eigenvalue weighted by molar-refractivity contribution is 1.33. The summed E-state index contributed by atoms with van der Waals surface area (Å²) in [5, 5.41) is 0. The van der Waals surface area contributed by atoms with Crippen molar-refractivity contribution in [2.24, 2.45) is 0 Å². The van der Waals surface area contributed by atoms with Gasteiger partial charge in [0.05, 0.1) is 0 Å². The van der Waals surface area contributed by atoms with Gasteiger partial charge in [-0.2, -0.15) is 0 Å². The van der Waals surface area contributed by atoms with Crippen molar-refractivity contribution in [3.8, 4) is 0 Å². The third-order valence-electron chi connectivity index (χ3n) is 3.17. The summed E-state index contributed by atoms with van der Waals surface area (Å²) < 4.78 is 0. The first kappa shape index (κ1) is 11.7. The van der Waals surface area contributed by atoms with E-state index in [4.69, 9.17) is 0 Å². The van der Waals surface area contributed by atoms with Gasteiger partial charge in [-0.05, 0) is 48.6 Å². The fraction of sp³-hybridized carbons (Fsp3) is 0.176. The summed E-state index contributed by atoms with van der Waals surface area (Å²) in [5.74, 6) is 0. The Labute approximate surface area is 104 Å². The van der Waals surface area contributed by atoms with Crippen LogP contribution in [0.2, 0.25) is 0 Å². The molecule has 0 heteroatoms. The van der Waals surface area contributed by atoms with Gasteiger partial charge in [-0.1, -0.05) is 54.6 Å². The lowest BCUT2D eigenvalue weighted by Crippen LogP contribution is -1.82. The molecule has 0 aliphatic heterocycles. The highest BCUT2D eigenvalue weighted by Gasteiger charge is 1.94. The molecule has 0 fully saturated rings. The lowest BCUT2D eigenvalue weighted by atomic mass is 10.0. The van der Waals surface area contributed by atoms with Crippen LogP contribution < -0.4 is 0 Å². The largest absolute Gasteiger partial charge is 0.0620 e. The molecule has 0 saturated carbocycles. The minimum absolute atomic E-state index is 1.26. The first-order valence-corrected chi connectivity index (χ1v) is 5.98. The molecule has 0 aliphatic carbocycles. The standard InChI is InChI=1S/C17H18/c1-13-8-9-16(12-15(13)3)10-11-17-7-5-4-6-14(17)2/h4-12H,1-3H3/b11-10+. The molecule has 0 atom stereocenters. The van der Waals surface area contributed by atoms with Gasteiger partial charge in [0.2, 0.25) is 0 Å². The summed E-state index contributed by atoms with van der Waals surface area (Å²) in [6.45, 7) is 6.44. The van der Waals surface area contributed by atoms with Crippen LogP contribution in [0.1, 0.15) is 27.8 Å². The van der Waals surface area contributed by atoms with Crippen LogP contribution in [-0.2, 0) is 0 Å². The van der Waals surface area contributed by atoms with Crippen LogP contribution in [0.15, 0.2) is 42.5 Å². The molecule has 0 aliphatic rings. The molecule has 2 rings (SSSR count). The van der Waals surface area contributed by atoms with Crippen molar-refractivity contribution in [1.82, 2.24) is 0 Å². The second kappa shape index (κ2) is 5.01. The van der Waals surface area contributed by atoms with Crippen LogP contribution in [0.4, 0.5) is 0 Å². The molecule has 0 spiro atoms. The Hall–Kier alpha value is -1.82. The van der Waals surface area contributed by atoms with E-state index in [1.807, 2.05) is 0 Å². The molecule has 0 saturated heterocycles. The number of rotatable bonds is 2. The predicted molar refractivity (Wildman–Crippen MR) is 76.0 cm³/mol. The van der Waals surface area contributed by atoms with Gasteiger partial charge in [-0.25, -0.2) is 0 Å². The molecule has 0 bridgehead atoms. The summed E-state index contributed by atoms with van der Waals surface area (Å²) in [6.07, 6.45) is 4.36. The van der Waals surface area contributed by atoms with E-state index in [9.17, 15) is 0 Å². The van der Waals surface area contributed by atoms with Crippen molar-refractivity contribution in [3.05, 3.63) is 70.3 Å². The van der Waals surface area contributed by atoms with Gasteiger partial charge in [0.25, 0.3) is 0 Å². The van der Waals surface area contributed by atoms with Crippen LogP contribution in [-0.4, -0.2) is 0 Å². The topological polar surface area (TPSA) is 0 Å². The fourth-order valence-corrected chi connectivity index (χ4v) is 1.83. The molecule has 0 nitrogen and oxygen atoms in total. The van der Waals surface area contributed by atoms with E-state index in [0.717, 1.165) is 0 Å². The zero-order chi connectivity index (χ0) is 12.3. The first-order valence-electron chi connectivity index (χ1n) is 5.98. The Kier molecular flexibility index (Phi) is 3.43. The number of hydrogen-bond donors (Lipinski definition) is 0. The number of hydrogen-bond acceptors (Lipinski definition) is 0. The van der Waals surface area contributed by atoms with Crippen LogP contribution >= 0.6 is 0 Å². The monoisotopic (exact) mass is 222 g/mol. The van der Waals surface area contributed by atoms with Gasteiger partial charge in [-0.3, -0.25) is 0 Å². The molecule has 2 aromatic carbocycles. The van der Waals surface area contributed by atoms with Crippen molar-refractivity contribution in [3.63, 3.8) is 0 Å². The average Bonchev–Trinajstić information content (AvgIpc) is 2.32. The maximum Gasteiger partial charge on any atom is -0.0227 e. The summed E-state index contributed by atoms with van der Waals surface area (Å²) >= 11 is 0. The van der Waals surface area contributed by atoms with E-state index in [1.165, 1.54) is 27.8 Å². The van der Waals surface area contributed by atoms with Crippen molar-refractivity contribution >= 4 is 12.2 Å². The minimum atomic E-state index is 1.26. The lowest BCUT2D eigenvalue weighted by Gasteiger charge is -2.02. The first-order chi connectivity index (χ1) is 8.16. The third kappa shape index (κ3) is 2.85. The maximum atomic E-state index is 2.23.